The molecule has 0 spiro atoms. The molecule has 0 aliphatic heterocycles. The van der Waals surface area contributed by atoms with E-state index in [2.05, 4.69) is 30.4 Å². The van der Waals surface area contributed by atoms with Gasteiger partial charge >= 0.3 is 0 Å². The first-order valence-corrected chi connectivity index (χ1v) is 6.92. The molecule has 1 aliphatic rings. The van der Waals surface area contributed by atoms with E-state index < -0.39 is 0 Å². The molecule has 96 valence electrons. The maximum atomic E-state index is 5.94. The van der Waals surface area contributed by atoms with Crippen molar-refractivity contribution in [2.45, 2.75) is 52.7 Å². The fourth-order valence-electron chi connectivity index (χ4n) is 2.90. The predicted octanol–water partition coefficient (Wildman–Crippen LogP) is 2.85. The summed E-state index contributed by atoms with van der Waals surface area (Å²) >= 11 is 1.23. The third-order valence-corrected chi connectivity index (χ3v) is 3.98. The van der Waals surface area contributed by atoms with Crippen LogP contribution in [0.1, 0.15) is 45.7 Å². The second kappa shape index (κ2) is 4.90. The molecule has 0 saturated heterocycles. The summed E-state index contributed by atoms with van der Waals surface area (Å²) in [5, 5.41) is 4.65. The standard InChI is InChI=1S/C12H21N3OS/c1-8-4-9(6-12(2,3)5-8)16-7-10-11(13)17-15-14-10/h8-9H,4-7,13H2,1-3H3. The predicted molar refractivity (Wildman–Crippen MR) is 69.7 cm³/mol. The highest BCUT2D eigenvalue weighted by molar-refractivity contribution is 7.09. The van der Waals surface area contributed by atoms with Crippen molar-refractivity contribution in [1.82, 2.24) is 9.59 Å². The number of nitrogen functional groups attached to an aromatic ring is 1. The van der Waals surface area contributed by atoms with Crippen LogP contribution in [-0.4, -0.2) is 15.7 Å². The van der Waals surface area contributed by atoms with E-state index in [0.29, 0.717) is 23.1 Å². The lowest BCUT2D eigenvalue weighted by atomic mass is 9.71. The Kier molecular flexibility index (Phi) is 3.68. The van der Waals surface area contributed by atoms with Crippen molar-refractivity contribution < 1.29 is 4.74 Å². The summed E-state index contributed by atoms with van der Waals surface area (Å²) in [7, 11) is 0. The van der Waals surface area contributed by atoms with Crippen LogP contribution in [0.3, 0.4) is 0 Å². The summed E-state index contributed by atoms with van der Waals surface area (Å²) < 4.78 is 9.75. The molecular weight excluding hydrogens is 234 g/mol. The molecule has 1 aliphatic carbocycles. The van der Waals surface area contributed by atoms with E-state index in [9.17, 15) is 0 Å². The Labute approximate surface area is 107 Å². The number of ether oxygens (including phenoxy) is 1. The molecule has 2 unspecified atom stereocenters. The average Bonchev–Trinajstić information content (AvgIpc) is 2.58. The highest BCUT2D eigenvalue weighted by Gasteiger charge is 2.32. The SMILES string of the molecule is CC1CC(OCc2nnsc2N)CC(C)(C)C1. The van der Waals surface area contributed by atoms with Crippen molar-refractivity contribution >= 4 is 16.5 Å². The molecule has 17 heavy (non-hydrogen) atoms. The van der Waals surface area contributed by atoms with E-state index in [0.717, 1.165) is 24.5 Å². The van der Waals surface area contributed by atoms with Crippen LogP contribution in [0.4, 0.5) is 5.00 Å². The fraction of sp³-hybridized carbons (Fsp3) is 0.833. The number of anilines is 1. The Morgan fingerprint density at radius 2 is 2.24 bits per heavy atom. The maximum Gasteiger partial charge on any atom is 0.133 e. The lowest BCUT2D eigenvalue weighted by molar-refractivity contribution is -0.0325. The van der Waals surface area contributed by atoms with Crippen LogP contribution in [-0.2, 0) is 11.3 Å². The Bertz CT molecular complexity index is 378. The van der Waals surface area contributed by atoms with E-state index in [1.165, 1.54) is 18.0 Å². The quantitative estimate of drug-likeness (QED) is 0.902. The van der Waals surface area contributed by atoms with Gasteiger partial charge in [0.15, 0.2) is 0 Å². The Morgan fingerprint density at radius 3 is 2.82 bits per heavy atom. The minimum atomic E-state index is 0.329. The smallest absolute Gasteiger partial charge is 0.133 e. The van der Waals surface area contributed by atoms with Crippen LogP contribution in [0.2, 0.25) is 0 Å². The number of aromatic nitrogens is 2. The van der Waals surface area contributed by atoms with Gasteiger partial charge in [-0.2, -0.15) is 0 Å². The van der Waals surface area contributed by atoms with E-state index >= 15 is 0 Å². The van der Waals surface area contributed by atoms with Crippen molar-refractivity contribution in [1.29, 1.82) is 0 Å². The molecule has 2 N–H and O–H groups in total. The van der Waals surface area contributed by atoms with E-state index in [4.69, 9.17) is 10.5 Å². The van der Waals surface area contributed by atoms with Crippen LogP contribution in [0.5, 0.6) is 0 Å². The monoisotopic (exact) mass is 255 g/mol. The van der Waals surface area contributed by atoms with Crippen molar-refractivity contribution in [3.8, 4) is 0 Å². The van der Waals surface area contributed by atoms with E-state index in [1.54, 1.807) is 0 Å². The Morgan fingerprint density at radius 1 is 1.47 bits per heavy atom. The van der Waals surface area contributed by atoms with Gasteiger partial charge < -0.3 is 10.5 Å². The van der Waals surface area contributed by atoms with Gasteiger partial charge in [-0.25, -0.2) is 0 Å². The maximum absolute atomic E-state index is 5.94. The van der Waals surface area contributed by atoms with Crippen molar-refractivity contribution in [3.05, 3.63) is 5.69 Å². The van der Waals surface area contributed by atoms with Crippen LogP contribution >= 0.6 is 11.5 Å². The zero-order valence-electron chi connectivity index (χ0n) is 10.8. The van der Waals surface area contributed by atoms with Gasteiger partial charge in [0.1, 0.15) is 10.7 Å². The second-order valence-electron chi connectivity index (χ2n) is 5.93. The van der Waals surface area contributed by atoms with E-state index in [1.807, 2.05) is 0 Å². The minimum Gasteiger partial charge on any atom is -0.388 e. The van der Waals surface area contributed by atoms with Gasteiger partial charge in [-0.3, -0.25) is 0 Å². The number of hydrogen-bond acceptors (Lipinski definition) is 5. The summed E-state index contributed by atoms with van der Waals surface area (Å²) in [6.45, 7) is 7.43. The first kappa shape index (κ1) is 12.8. The Balaban J connectivity index is 1.89. The largest absolute Gasteiger partial charge is 0.388 e. The van der Waals surface area contributed by atoms with Crippen LogP contribution in [0.15, 0.2) is 0 Å². The molecule has 0 bridgehead atoms. The summed E-state index contributed by atoms with van der Waals surface area (Å²) in [6, 6.07) is 0. The van der Waals surface area contributed by atoms with Gasteiger partial charge in [-0.1, -0.05) is 25.3 Å². The van der Waals surface area contributed by atoms with Crippen LogP contribution in [0, 0.1) is 11.3 Å². The van der Waals surface area contributed by atoms with Gasteiger partial charge in [0.05, 0.1) is 12.7 Å². The van der Waals surface area contributed by atoms with Gasteiger partial charge in [-0.15, -0.1) is 5.10 Å². The Hall–Kier alpha value is -0.680. The summed E-state index contributed by atoms with van der Waals surface area (Å²) in [5.41, 5.74) is 6.92. The number of nitrogens with zero attached hydrogens (tertiary/aromatic N) is 2. The lowest BCUT2D eigenvalue weighted by Crippen LogP contribution is -2.32. The average molecular weight is 255 g/mol. The second-order valence-corrected chi connectivity index (χ2v) is 6.72. The third kappa shape index (κ3) is 3.39. The molecule has 0 aromatic carbocycles. The molecule has 1 fully saturated rings. The molecule has 1 aromatic heterocycles. The number of hydrogen-bond donors (Lipinski definition) is 1. The molecular formula is C12H21N3OS. The molecule has 5 heteroatoms. The highest BCUT2D eigenvalue weighted by atomic mass is 32.1. The third-order valence-electron chi connectivity index (χ3n) is 3.39. The van der Waals surface area contributed by atoms with Gasteiger partial charge in [-0.05, 0) is 30.6 Å². The first-order chi connectivity index (χ1) is 7.96. The number of nitrogens with two attached hydrogens (primary N) is 1. The molecule has 4 nitrogen and oxygen atoms in total. The van der Waals surface area contributed by atoms with Gasteiger partial charge in [0.2, 0.25) is 0 Å². The van der Waals surface area contributed by atoms with E-state index in [-0.39, 0.29) is 0 Å². The molecule has 2 atom stereocenters. The van der Waals surface area contributed by atoms with Crippen molar-refractivity contribution in [2.75, 3.05) is 5.73 Å². The summed E-state index contributed by atoms with van der Waals surface area (Å²) in [4.78, 5) is 0. The summed E-state index contributed by atoms with van der Waals surface area (Å²) in [5.74, 6) is 0.731. The molecule has 2 rings (SSSR count). The zero-order chi connectivity index (χ0) is 12.5. The number of rotatable bonds is 3. The van der Waals surface area contributed by atoms with Crippen LogP contribution in [0.25, 0.3) is 0 Å². The molecule has 1 saturated carbocycles. The first-order valence-electron chi connectivity index (χ1n) is 6.14. The molecule has 1 aromatic rings. The normalized spacial score (nSPS) is 28.2. The molecule has 0 amide bonds. The van der Waals surface area contributed by atoms with Gasteiger partial charge in [0, 0.05) is 11.5 Å². The molecule has 1 heterocycles. The van der Waals surface area contributed by atoms with Crippen molar-refractivity contribution in [2.24, 2.45) is 11.3 Å². The zero-order valence-corrected chi connectivity index (χ0v) is 11.6. The highest BCUT2D eigenvalue weighted by Crippen LogP contribution is 2.39. The van der Waals surface area contributed by atoms with Crippen molar-refractivity contribution in [3.63, 3.8) is 0 Å². The van der Waals surface area contributed by atoms with Crippen LogP contribution < -0.4 is 5.73 Å². The fourth-order valence-corrected chi connectivity index (χ4v) is 3.33. The minimum absolute atomic E-state index is 0.329. The topological polar surface area (TPSA) is 61.0 Å². The van der Waals surface area contributed by atoms with Gasteiger partial charge in [0.25, 0.3) is 0 Å². The lowest BCUT2D eigenvalue weighted by Gasteiger charge is -2.38. The molecule has 0 radical (unpaired) electrons. The summed E-state index contributed by atoms with van der Waals surface area (Å²) in [6.07, 6.45) is 3.87.